The number of halogens is 1. The predicted molar refractivity (Wildman–Crippen MR) is 167 cm³/mol. The summed E-state index contributed by atoms with van der Waals surface area (Å²) >= 11 is 2.13. The number of hydrogen-bond donors (Lipinski definition) is 0. The van der Waals surface area contributed by atoms with E-state index in [2.05, 4.69) is 28.7 Å². The lowest BCUT2D eigenvalue weighted by atomic mass is 10.1. The van der Waals surface area contributed by atoms with Crippen LogP contribution in [-0.4, -0.2) is 52.7 Å². The highest BCUT2D eigenvalue weighted by Gasteiger charge is 2.25. The first-order valence-corrected chi connectivity index (χ1v) is 14.7. The molecule has 0 fully saturated rings. The molecule has 0 atom stereocenters. The quantitative estimate of drug-likeness (QED) is 0.164. The number of hydrogen-bond acceptors (Lipinski definition) is 9. The summed E-state index contributed by atoms with van der Waals surface area (Å²) in [5, 5.41) is 9.53. The van der Waals surface area contributed by atoms with Crippen molar-refractivity contribution in [3.05, 3.63) is 62.2 Å². The SMILES string of the molecule is CC(C)(C)OC(=O)CN(CC(=O)OC(C)(C)C)Cc1ccc(C#N)cc1OCc1ccc(I)cc1C(=O)OC(C)(C)C. The molecule has 0 saturated carbocycles. The van der Waals surface area contributed by atoms with E-state index in [1.165, 1.54) is 0 Å². The fraction of sp³-hybridized carbons (Fsp3) is 0.500. The zero-order valence-corrected chi connectivity index (χ0v) is 28.1. The molecule has 0 aliphatic rings. The Morgan fingerprint density at radius 2 is 1.31 bits per heavy atom. The monoisotopic (exact) mass is 692 g/mol. The smallest absolute Gasteiger partial charge is 0.339 e. The number of carbonyl (C=O) groups is 3. The first kappa shape index (κ1) is 35.0. The molecule has 2 aromatic rings. The molecule has 0 bridgehead atoms. The number of rotatable bonds is 10. The molecule has 228 valence electrons. The third-order valence-corrected chi connectivity index (χ3v) is 5.88. The van der Waals surface area contributed by atoms with Crippen LogP contribution in [-0.2, 0) is 37.0 Å². The maximum Gasteiger partial charge on any atom is 0.339 e. The lowest BCUT2D eigenvalue weighted by Gasteiger charge is -2.27. The van der Waals surface area contributed by atoms with Crippen LogP contribution in [0.25, 0.3) is 0 Å². The van der Waals surface area contributed by atoms with Crippen molar-refractivity contribution >= 4 is 40.5 Å². The normalized spacial score (nSPS) is 12.0. The number of benzene rings is 2. The van der Waals surface area contributed by atoms with Crippen LogP contribution in [0.2, 0.25) is 0 Å². The highest BCUT2D eigenvalue weighted by Crippen LogP contribution is 2.26. The summed E-state index contributed by atoms with van der Waals surface area (Å²) in [6.07, 6.45) is 0. The van der Waals surface area contributed by atoms with Gasteiger partial charge in [0.05, 0.1) is 30.3 Å². The molecule has 0 amide bonds. The molecule has 0 N–H and O–H groups in total. The van der Waals surface area contributed by atoms with Gasteiger partial charge in [-0.1, -0.05) is 12.1 Å². The summed E-state index contributed by atoms with van der Waals surface area (Å²) in [7, 11) is 0. The zero-order chi connectivity index (χ0) is 31.9. The van der Waals surface area contributed by atoms with E-state index in [-0.39, 0.29) is 26.2 Å². The van der Waals surface area contributed by atoms with Gasteiger partial charge in [-0.15, -0.1) is 0 Å². The fourth-order valence-electron chi connectivity index (χ4n) is 3.76. The third kappa shape index (κ3) is 12.8. The maximum atomic E-state index is 12.9. The highest BCUT2D eigenvalue weighted by atomic mass is 127. The zero-order valence-electron chi connectivity index (χ0n) is 25.9. The Morgan fingerprint density at radius 1 is 0.786 bits per heavy atom. The highest BCUT2D eigenvalue weighted by molar-refractivity contribution is 14.1. The van der Waals surface area contributed by atoms with Gasteiger partial charge >= 0.3 is 17.9 Å². The van der Waals surface area contributed by atoms with Gasteiger partial charge in [-0.05, 0) is 109 Å². The van der Waals surface area contributed by atoms with Crippen molar-refractivity contribution in [2.75, 3.05) is 13.1 Å². The minimum atomic E-state index is -0.698. The Morgan fingerprint density at radius 3 is 1.81 bits per heavy atom. The van der Waals surface area contributed by atoms with E-state index in [1.54, 1.807) is 97.5 Å². The van der Waals surface area contributed by atoms with E-state index < -0.39 is 34.7 Å². The molecule has 2 aromatic carbocycles. The fourth-order valence-corrected chi connectivity index (χ4v) is 4.25. The van der Waals surface area contributed by atoms with Gasteiger partial charge in [0.15, 0.2) is 0 Å². The number of carbonyl (C=O) groups excluding carboxylic acids is 3. The molecule has 10 heteroatoms. The van der Waals surface area contributed by atoms with E-state index >= 15 is 0 Å². The van der Waals surface area contributed by atoms with Gasteiger partial charge in [0, 0.05) is 21.2 Å². The Labute approximate surface area is 262 Å². The summed E-state index contributed by atoms with van der Waals surface area (Å²) < 4.78 is 23.6. The van der Waals surface area contributed by atoms with Crippen LogP contribution >= 0.6 is 22.6 Å². The molecule has 0 aliphatic heterocycles. The van der Waals surface area contributed by atoms with Crippen LogP contribution in [0.15, 0.2) is 36.4 Å². The lowest BCUT2D eigenvalue weighted by molar-refractivity contribution is -0.160. The van der Waals surface area contributed by atoms with Gasteiger partial charge in [0.25, 0.3) is 0 Å². The molecule has 9 nitrogen and oxygen atoms in total. The first-order chi connectivity index (χ1) is 19.2. The molecule has 0 heterocycles. The van der Waals surface area contributed by atoms with Crippen molar-refractivity contribution in [2.45, 2.75) is 92.3 Å². The average molecular weight is 693 g/mol. The van der Waals surface area contributed by atoms with Crippen LogP contribution in [0.4, 0.5) is 0 Å². The van der Waals surface area contributed by atoms with Gasteiger partial charge in [-0.3, -0.25) is 14.5 Å². The largest absolute Gasteiger partial charge is 0.488 e. The Kier molecular flexibility index (Phi) is 12.0. The number of nitriles is 1. The molecule has 0 aliphatic carbocycles. The second kappa shape index (κ2) is 14.3. The molecule has 42 heavy (non-hydrogen) atoms. The topological polar surface area (TPSA) is 115 Å². The van der Waals surface area contributed by atoms with Gasteiger partial charge in [0.2, 0.25) is 0 Å². The van der Waals surface area contributed by atoms with E-state index in [9.17, 15) is 19.6 Å². The van der Waals surface area contributed by atoms with Crippen molar-refractivity contribution in [3.63, 3.8) is 0 Å². The van der Waals surface area contributed by atoms with Crippen LogP contribution in [0.5, 0.6) is 5.75 Å². The molecule has 2 rings (SSSR count). The van der Waals surface area contributed by atoms with E-state index in [0.717, 1.165) is 3.57 Å². The molecule has 0 aromatic heterocycles. The lowest BCUT2D eigenvalue weighted by Crippen LogP contribution is -2.39. The van der Waals surface area contributed by atoms with E-state index in [1.807, 2.05) is 6.07 Å². The van der Waals surface area contributed by atoms with E-state index in [0.29, 0.717) is 28.0 Å². The summed E-state index contributed by atoms with van der Waals surface area (Å²) in [6.45, 7) is 15.8. The molecule has 0 saturated heterocycles. The Balaban J connectivity index is 2.38. The van der Waals surface area contributed by atoms with Crippen molar-refractivity contribution in [1.29, 1.82) is 5.26 Å². The van der Waals surface area contributed by atoms with Gasteiger partial charge < -0.3 is 18.9 Å². The van der Waals surface area contributed by atoms with Crippen molar-refractivity contribution in [1.82, 2.24) is 4.90 Å². The molecular weight excluding hydrogens is 651 g/mol. The maximum absolute atomic E-state index is 12.9. The second-order valence-electron chi connectivity index (χ2n) is 12.8. The Hall–Kier alpha value is -3.17. The molecule has 0 spiro atoms. The van der Waals surface area contributed by atoms with Crippen molar-refractivity contribution in [2.24, 2.45) is 0 Å². The summed E-state index contributed by atoms with van der Waals surface area (Å²) in [6, 6.07) is 12.5. The summed E-state index contributed by atoms with van der Waals surface area (Å²) in [4.78, 5) is 40.0. The van der Waals surface area contributed by atoms with Crippen LogP contribution < -0.4 is 4.74 Å². The average Bonchev–Trinajstić information content (AvgIpc) is 2.80. The first-order valence-electron chi connectivity index (χ1n) is 13.6. The van der Waals surface area contributed by atoms with E-state index in [4.69, 9.17) is 18.9 Å². The summed E-state index contributed by atoms with van der Waals surface area (Å²) in [5.41, 5.74) is -0.0760. The summed E-state index contributed by atoms with van der Waals surface area (Å²) in [5.74, 6) is -1.08. The van der Waals surface area contributed by atoms with Crippen LogP contribution in [0.3, 0.4) is 0 Å². The van der Waals surface area contributed by atoms with Crippen molar-refractivity contribution < 1.29 is 33.3 Å². The molecular formula is C32H41IN2O7. The number of nitrogens with zero attached hydrogens (tertiary/aromatic N) is 2. The minimum absolute atomic E-state index is 0.0194. The molecule has 0 unspecified atom stereocenters. The van der Waals surface area contributed by atoms with Crippen LogP contribution in [0.1, 0.15) is 89.4 Å². The Bertz CT molecular complexity index is 1300. The minimum Gasteiger partial charge on any atom is -0.488 e. The van der Waals surface area contributed by atoms with Crippen LogP contribution in [0, 0.1) is 14.9 Å². The van der Waals surface area contributed by atoms with Gasteiger partial charge in [-0.2, -0.15) is 5.26 Å². The predicted octanol–water partition coefficient (Wildman–Crippen LogP) is 6.18. The third-order valence-electron chi connectivity index (χ3n) is 5.21. The number of esters is 3. The number of ether oxygens (including phenoxy) is 4. The standard InChI is InChI=1S/C32H41IN2O7/c1-30(2,3)40-27(36)18-35(19-28(37)41-31(4,5)6)17-22-11-10-21(16-34)14-26(22)39-20-23-12-13-24(33)15-25(23)29(38)42-32(7,8)9/h10-15H,17-20H2,1-9H3. The van der Waals surface area contributed by atoms with Crippen molar-refractivity contribution in [3.8, 4) is 11.8 Å². The van der Waals surface area contributed by atoms with Gasteiger partial charge in [0.1, 0.15) is 29.2 Å². The second-order valence-corrected chi connectivity index (χ2v) is 14.1. The van der Waals surface area contributed by atoms with Gasteiger partial charge in [-0.25, -0.2) is 4.79 Å². The molecule has 0 radical (unpaired) electrons.